The molecule has 0 bridgehead atoms. The number of pyridine rings is 1. The van der Waals surface area contributed by atoms with Gasteiger partial charge in [-0.3, -0.25) is 0 Å². The minimum Gasteiger partial charge on any atom is -0.455 e. The van der Waals surface area contributed by atoms with Gasteiger partial charge < -0.3 is 8.98 Å². The molecule has 0 atom stereocenters. The molecular formula is C21H17N3O. The fraction of sp³-hybridized carbons (Fsp3) is 0.143. The van der Waals surface area contributed by atoms with Crippen LogP contribution in [0.5, 0.6) is 0 Å². The predicted octanol–water partition coefficient (Wildman–Crippen LogP) is 5.15. The fourth-order valence-electron chi connectivity index (χ4n) is 3.58. The van der Waals surface area contributed by atoms with E-state index in [0.29, 0.717) is 0 Å². The Kier molecular flexibility index (Phi) is 2.80. The first-order valence-corrected chi connectivity index (χ1v) is 8.35. The minimum atomic E-state index is 0.766. The molecule has 5 aromatic rings. The van der Waals surface area contributed by atoms with E-state index >= 15 is 0 Å². The zero-order valence-electron chi connectivity index (χ0n) is 14.4. The number of imidazole rings is 1. The normalized spacial score (nSPS) is 11.8. The zero-order valence-corrected chi connectivity index (χ0v) is 14.4. The van der Waals surface area contributed by atoms with Gasteiger partial charge in [0.25, 0.3) is 0 Å². The maximum atomic E-state index is 6.22. The van der Waals surface area contributed by atoms with Crippen molar-refractivity contribution in [3.8, 4) is 11.4 Å². The Morgan fingerprint density at radius 1 is 0.920 bits per heavy atom. The lowest BCUT2D eigenvalue weighted by molar-refractivity contribution is 0.669. The van der Waals surface area contributed by atoms with Gasteiger partial charge in [0.15, 0.2) is 5.65 Å². The Bertz CT molecular complexity index is 1280. The number of rotatable bonds is 1. The maximum absolute atomic E-state index is 6.22. The van der Waals surface area contributed by atoms with E-state index in [1.807, 2.05) is 38.2 Å². The summed E-state index contributed by atoms with van der Waals surface area (Å²) in [5, 5.41) is 2.30. The summed E-state index contributed by atoms with van der Waals surface area (Å²) in [6.45, 7) is 4.10. The van der Waals surface area contributed by atoms with Crippen LogP contribution in [0.2, 0.25) is 0 Å². The molecule has 3 aromatic heterocycles. The van der Waals surface area contributed by atoms with E-state index in [1.54, 1.807) is 0 Å². The highest BCUT2D eigenvalue weighted by Crippen LogP contribution is 2.37. The van der Waals surface area contributed by atoms with Gasteiger partial charge in [-0.1, -0.05) is 24.3 Å². The Balaban J connectivity index is 1.90. The van der Waals surface area contributed by atoms with Crippen molar-refractivity contribution in [2.75, 3.05) is 0 Å². The van der Waals surface area contributed by atoms with Crippen molar-refractivity contribution in [3.63, 3.8) is 0 Å². The molecule has 0 amide bonds. The molecule has 25 heavy (non-hydrogen) atoms. The Morgan fingerprint density at radius 2 is 1.76 bits per heavy atom. The van der Waals surface area contributed by atoms with Crippen molar-refractivity contribution >= 4 is 33.1 Å². The van der Waals surface area contributed by atoms with Gasteiger partial charge in [0.1, 0.15) is 17.0 Å². The molecule has 0 N–H and O–H groups in total. The first-order chi connectivity index (χ1) is 12.1. The molecule has 2 aromatic carbocycles. The smallest absolute Gasteiger partial charge is 0.178 e. The van der Waals surface area contributed by atoms with Crippen LogP contribution in [0.1, 0.15) is 11.3 Å². The van der Waals surface area contributed by atoms with Crippen molar-refractivity contribution < 1.29 is 4.42 Å². The summed E-state index contributed by atoms with van der Waals surface area (Å²) in [7, 11) is 2.02. The van der Waals surface area contributed by atoms with Gasteiger partial charge in [0.2, 0.25) is 0 Å². The maximum Gasteiger partial charge on any atom is 0.178 e. The molecule has 0 saturated carbocycles. The first-order valence-electron chi connectivity index (χ1n) is 8.35. The highest BCUT2D eigenvalue weighted by Gasteiger charge is 2.18. The molecule has 0 unspecified atom stereocenters. The summed E-state index contributed by atoms with van der Waals surface area (Å²) in [5.74, 6) is 0.872. The molecule has 4 heteroatoms. The second-order valence-corrected chi connectivity index (χ2v) is 6.52. The summed E-state index contributed by atoms with van der Waals surface area (Å²) in [6.07, 6.45) is 0. The monoisotopic (exact) mass is 327 g/mol. The van der Waals surface area contributed by atoms with E-state index in [0.717, 1.165) is 50.2 Å². The molecule has 0 radical (unpaired) electrons. The third-order valence-electron chi connectivity index (χ3n) is 4.86. The lowest BCUT2D eigenvalue weighted by Crippen LogP contribution is -1.93. The molecular weight excluding hydrogens is 310 g/mol. The molecule has 0 aliphatic heterocycles. The van der Waals surface area contributed by atoms with Crippen LogP contribution in [-0.4, -0.2) is 14.5 Å². The van der Waals surface area contributed by atoms with Crippen LogP contribution in [0, 0.1) is 13.8 Å². The lowest BCUT2D eigenvalue weighted by atomic mass is 10.0. The molecule has 122 valence electrons. The molecule has 0 saturated heterocycles. The summed E-state index contributed by atoms with van der Waals surface area (Å²) >= 11 is 0. The number of aromatic nitrogens is 3. The second-order valence-electron chi connectivity index (χ2n) is 6.52. The van der Waals surface area contributed by atoms with Crippen LogP contribution in [0.3, 0.4) is 0 Å². The summed E-state index contributed by atoms with van der Waals surface area (Å²) in [5.41, 5.74) is 6.74. The average molecular weight is 327 g/mol. The summed E-state index contributed by atoms with van der Waals surface area (Å²) in [4.78, 5) is 9.35. The van der Waals surface area contributed by atoms with Crippen LogP contribution in [-0.2, 0) is 7.05 Å². The third kappa shape index (κ3) is 1.94. The number of aryl methyl sites for hydroxylation is 3. The van der Waals surface area contributed by atoms with Crippen molar-refractivity contribution in [3.05, 3.63) is 59.8 Å². The van der Waals surface area contributed by atoms with Crippen molar-refractivity contribution in [2.24, 2.45) is 7.05 Å². The number of benzene rings is 2. The summed E-state index contributed by atoms with van der Waals surface area (Å²) < 4.78 is 8.30. The fourth-order valence-corrected chi connectivity index (χ4v) is 3.58. The van der Waals surface area contributed by atoms with E-state index in [-0.39, 0.29) is 0 Å². The number of para-hydroxylation sites is 1. The van der Waals surface area contributed by atoms with Gasteiger partial charge >= 0.3 is 0 Å². The third-order valence-corrected chi connectivity index (χ3v) is 4.86. The average Bonchev–Trinajstić information content (AvgIpc) is 3.14. The van der Waals surface area contributed by atoms with E-state index in [2.05, 4.69) is 40.7 Å². The lowest BCUT2D eigenvalue weighted by Gasteiger charge is -2.05. The van der Waals surface area contributed by atoms with Gasteiger partial charge in [0, 0.05) is 23.5 Å². The topological polar surface area (TPSA) is 43.9 Å². The van der Waals surface area contributed by atoms with Crippen LogP contribution >= 0.6 is 0 Å². The van der Waals surface area contributed by atoms with E-state index in [9.17, 15) is 0 Å². The quantitative estimate of drug-likeness (QED) is 0.427. The molecule has 0 fully saturated rings. The van der Waals surface area contributed by atoms with E-state index < -0.39 is 0 Å². The zero-order chi connectivity index (χ0) is 17.1. The van der Waals surface area contributed by atoms with E-state index in [4.69, 9.17) is 9.40 Å². The highest BCUT2D eigenvalue weighted by molar-refractivity contribution is 6.11. The number of furan rings is 1. The van der Waals surface area contributed by atoms with Crippen LogP contribution in [0.4, 0.5) is 0 Å². The SMILES string of the molecule is Cc1ccc2c(n1)nc(-c1ccc(C)c3c1oc1ccccc13)n2C. The Labute approximate surface area is 144 Å². The molecule has 4 nitrogen and oxygen atoms in total. The number of nitrogens with zero attached hydrogens (tertiary/aromatic N) is 3. The predicted molar refractivity (Wildman–Crippen MR) is 101 cm³/mol. The standard InChI is InChI=1S/C21H17N3O/c1-12-8-10-15(19-18(12)14-6-4-5-7-17(14)25-19)21-23-20-16(24(21)3)11-9-13(2)22-20/h4-11H,1-3H3. The molecule has 0 aliphatic rings. The van der Waals surface area contributed by atoms with E-state index in [1.165, 1.54) is 5.56 Å². The van der Waals surface area contributed by atoms with Gasteiger partial charge in [-0.15, -0.1) is 0 Å². The molecule has 0 aliphatic carbocycles. The Morgan fingerprint density at radius 3 is 2.64 bits per heavy atom. The molecule has 3 heterocycles. The second kappa shape index (κ2) is 4.93. The van der Waals surface area contributed by atoms with Crippen LogP contribution in [0.25, 0.3) is 44.5 Å². The van der Waals surface area contributed by atoms with Crippen LogP contribution in [0.15, 0.2) is 52.9 Å². The van der Waals surface area contributed by atoms with Gasteiger partial charge in [0.05, 0.1) is 11.1 Å². The number of hydrogen-bond donors (Lipinski definition) is 0. The van der Waals surface area contributed by atoms with Crippen molar-refractivity contribution in [2.45, 2.75) is 13.8 Å². The summed E-state index contributed by atoms with van der Waals surface area (Å²) in [6, 6.07) is 16.5. The number of fused-ring (bicyclic) bond motifs is 4. The van der Waals surface area contributed by atoms with Gasteiger partial charge in [-0.05, 0) is 43.7 Å². The highest BCUT2D eigenvalue weighted by atomic mass is 16.3. The molecule has 0 spiro atoms. The van der Waals surface area contributed by atoms with Crippen LogP contribution < -0.4 is 0 Å². The van der Waals surface area contributed by atoms with Gasteiger partial charge in [-0.2, -0.15) is 0 Å². The van der Waals surface area contributed by atoms with Crippen molar-refractivity contribution in [1.29, 1.82) is 0 Å². The molecule has 5 rings (SSSR count). The Hall–Kier alpha value is -3.14. The van der Waals surface area contributed by atoms with Crippen molar-refractivity contribution in [1.82, 2.24) is 14.5 Å². The van der Waals surface area contributed by atoms with Gasteiger partial charge in [-0.25, -0.2) is 9.97 Å². The largest absolute Gasteiger partial charge is 0.455 e. The minimum absolute atomic E-state index is 0.766. The number of hydrogen-bond acceptors (Lipinski definition) is 3. The first kappa shape index (κ1) is 14.2.